The van der Waals surface area contributed by atoms with Crippen molar-refractivity contribution in [3.05, 3.63) is 35.4 Å². The molecule has 0 aliphatic carbocycles. The zero-order valence-electron chi connectivity index (χ0n) is 12.6. The minimum absolute atomic E-state index is 0.187. The number of thioether (sulfide) groups is 1. The van der Waals surface area contributed by atoms with E-state index in [1.165, 1.54) is 37.3 Å². The Morgan fingerprint density at radius 1 is 1.29 bits per heavy atom. The lowest BCUT2D eigenvalue weighted by molar-refractivity contribution is -0.139. The average Bonchev–Trinajstić information content (AvgIpc) is 2.54. The highest BCUT2D eigenvalue weighted by atomic mass is 32.2. The molecule has 1 aromatic rings. The number of rotatable bonds is 7. The minimum Gasteiger partial charge on any atom is -0.469 e. The van der Waals surface area contributed by atoms with E-state index < -0.39 is 0 Å². The predicted octanol–water partition coefficient (Wildman–Crippen LogP) is 1.54. The summed E-state index contributed by atoms with van der Waals surface area (Å²) >= 11 is 2.04. The number of nitrogens with one attached hydrogen (secondary N) is 1. The second-order valence-electron chi connectivity index (χ2n) is 5.15. The molecule has 1 aliphatic rings. The SMILES string of the molecule is COC(=O)Cc1ccccc1CNCCN1CCSCC1. The summed E-state index contributed by atoms with van der Waals surface area (Å²) in [7, 11) is 1.43. The zero-order chi connectivity index (χ0) is 14.9. The summed E-state index contributed by atoms with van der Waals surface area (Å²) in [5, 5.41) is 3.48. The van der Waals surface area contributed by atoms with Crippen LogP contribution in [-0.4, -0.2) is 55.7 Å². The highest BCUT2D eigenvalue weighted by Gasteiger charge is 2.10. The van der Waals surface area contributed by atoms with Crippen LogP contribution in [0, 0.1) is 0 Å². The molecule has 0 atom stereocenters. The van der Waals surface area contributed by atoms with Gasteiger partial charge in [-0.1, -0.05) is 24.3 Å². The summed E-state index contributed by atoms with van der Waals surface area (Å²) in [5.41, 5.74) is 2.23. The summed E-state index contributed by atoms with van der Waals surface area (Å²) in [6, 6.07) is 8.05. The van der Waals surface area contributed by atoms with Gasteiger partial charge in [-0.3, -0.25) is 4.79 Å². The smallest absolute Gasteiger partial charge is 0.309 e. The van der Waals surface area contributed by atoms with Crippen molar-refractivity contribution < 1.29 is 9.53 Å². The van der Waals surface area contributed by atoms with Crippen LogP contribution in [-0.2, 0) is 22.5 Å². The van der Waals surface area contributed by atoms with Gasteiger partial charge in [0.25, 0.3) is 0 Å². The van der Waals surface area contributed by atoms with Gasteiger partial charge in [-0.25, -0.2) is 0 Å². The molecule has 0 unspecified atom stereocenters. The molecule has 21 heavy (non-hydrogen) atoms. The number of carbonyl (C=O) groups excluding carboxylic acids is 1. The molecule has 1 fully saturated rings. The number of esters is 1. The minimum atomic E-state index is -0.187. The van der Waals surface area contributed by atoms with Gasteiger partial charge in [0.2, 0.25) is 0 Å². The highest BCUT2D eigenvalue weighted by molar-refractivity contribution is 7.99. The van der Waals surface area contributed by atoms with E-state index in [0.717, 1.165) is 25.2 Å². The summed E-state index contributed by atoms with van der Waals surface area (Å²) in [5.74, 6) is 2.32. The lowest BCUT2D eigenvalue weighted by atomic mass is 10.0. The van der Waals surface area contributed by atoms with E-state index in [2.05, 4.69) is 16.3 Å². The van der Waals surface area contributed by atoms with Crippen molar-refractivity contribution in [2.45, 2.75) is 13.0 Å². The average molecular weight is 308 g/mol. The van der Waals surface area contributed by atoms with Crippen molar-refractivity contribution in [1.82, 2.24) is 10.2 Å². The van der Waals surface area contributed by atoms with Gasteiger partial charge in [-0.05, 0) is 11.1 Å². The summed E-state index contributed by atoms with van der Waals surface area (Å²) in [6.07, 6.45) is 0.345. The molecule has 1 N–H and O–H groups in total. The molecule has 1 aromatic carbocycles. The summed E-state index contributed by atoms with van der Waals surface area (Å²) < 4.78 is 4.75. The van der Waals surface area contributed by atoms with Crippen molar-refractivity contribution in [1.29, 1.82) is 0 Å². The fourth-order valence-electron chi connectivity index (χ4n) is 2.42. The fraction of sp³-hybridized carbons (Fsp3) is 0.562. The molecule has 0 radical (unpaired) electrons. The normalized spacial score (nSPS) is 15.9. The molecule has 0 saturated carbocycles. The number of carbonyl (C=O) groups is 1. The quantitative estimate of drug-likeness (QED) is 0.611. The number of ether oxygens (including phenoxy) is 1. The Bertz CT molecular complexity index is 448. The second kappa shape index (κ2) is 9.07. The van der Waals surface area contributed by atoms with Gasteiger partial charge >= 0.3 is 5.97 Å². The molecule has 1 aliphatic heterocycles. The van der Waals surface area contributed by atoms with Crippen LogP contribution in [0.5, 0.6) is 0 Å². The standard InChI is InChI=1S/C16H24N2O2S/c1-20-16(19)12-14-4-2-3-5-15(14)13-17-6-7-18-8-10-21-11-9-18/h2-5,17H,6-13H2,1H3. The molecular formula is C16H24N2O2S. The van der Waals surface area contributed by atoms with E-state index in [9.17, 15) is 4.79 Å². The molecule has 0 spiro atoms. The van der Waals surface area contributed by atoms with Gasteiger partial charge in [-0.2, -0.15) is 11.8 Å². The van der Waals surface area contributed by atoms with Crippen molar-refractivity contribution in [3.8, 4) is 0 Å². The second-order valence-corrected chi connectivity index (χ2v) is 6.38. The third-order valence-electron chi connectivity index (χ3n) is 3.70. The van der Waals surface area contributed by atoms with Crippen molar-refractivity contribution in [2.75, 3.05) is 44.8 Å². The highest BCUT2D eigenvalue weighted by Crippen LogP contribution is 2.10. The fourth-order valence-corrected chi connectivity index (χ4v) is 3.39. The van der Waals surface area contributed by atoms with Gasteiger partial charge < -0.3 is 15.0 Å². The van der Waals surface area contributed by atoms with Gasteiger partial charge in [-0.15, -0.1) is 0 Å². The number of hydrogen-bond donors (Lipinski definition) is 1. The molecule has 2 rings (SSSR count). The molecule has 0 aromatic heterocycles. The molecule has 116 valence electrons. The number of hydrogen-bond acceptors (Lipinski definition) is 5. The lowest BCUT2D eigenvalue weighted by Crippen LogP contribution is -2.37. The Balaban J connectivity index is 1.75. The van der Waals surface area contributed by atoms with E-state index in [4.69, 9.17) is 4.74 Å². The van der Waals surface area contributed by atoms with Crippen LogP contribution in [0.1, 0.15) is 11.1 Å². The van der Waals surface area contributed by atoms with E-state index in [-0.39, 0.29) is 5.97 Å². The molecule has 4 nitrogen and oxygen atoms in total. The van der Waals surface area contributed by atoms with Crippen molar-refractivity contribution in [2.24, 2.45) is 0 Å². The number of methoxy groups -OCH3 is 1. The topological polar surface area (TPSA) is 41.6 Å². The number of benzene rings is 1. The molecular weight excluding hydrogens is 284 g/mol. The first-order valence-electron chi connectivity index (χ1n) is 7.44. The Morgan fingerprint density at radius 2 is 2.00 bits per heavy atom. The Hall–Kier alpha value is -1.04. The molecule has 0 bridgehead atoms. The number of nitrogens with zero attached hydrogens (tertiary/aromatic N) is 1. The maximum Gasteiger partial charge on any atom is 0.309 e. The van der Waals surface area contributed by atoms with Crippen molar-refractivity contribution in [3.63, 3.8) is 0 Å². The molecule has 0 amide bonds. The zero-order valence-corrected chi connectivity index (χ0v) is 13.5. The molecule has 1 saturated heterocycles. The van der Waals surface area contributed by atoms with Crippen LogP contribution in [0.25, 0.3) is 0 Å². The molecule has 1 heterocycles. The van der Waals surface area contributed by atoms with Gasteiger partial charge in [0.05, 0.1) is 13.5 Å². The maximum absolute atomic E-state index is 11.4. The first-order valence-corrected chi connectivity index (χ1v) is 8.59. The van der Waals surface area contributed by atoms with Crippen LogP contribution in [0.3, 0.4) is 0 Å². The van der Waals surface area contributed by atoms with Gasteiger partial charge in [0.15, 0.2) is 0 Å². The van der Waals surface area contributed by atoms with E-state index in [1.807, 2.05) is 30.0 Å². The Labute approximate surface area is 131 Å². The van der Waals surface area contributed by atoms with E-state index >= 15 is 0 Å². The predicted molar refractivity (Wildman–Crippen MR) is 87.6 cm³/mol. The third kappa shape index (κ3) is 5.69. The molecule has 5 heteroatoms. The lowest BCUT2D eigenvalue weighted by Gasteiger charge is -2.26. The van der Waals surface area contributed by atoms with Gasteiger partial charge in [0, 0.05) is 44.2 Å². The van der Waals surface area contributed by atoms with Gasteiger partial charge in [0.1, 0.15) is 0 Å². The van der Waals surface area contributed by atoms with E-state index in [0.29, 0.717) is 6.42 Å². The first-order chi connectivity index (χ1) is 10.3. The Morgan fingerprint density at radius 3 is 2.71 bits per heavy atom. The van der Waals surface area contributed by atoms with E-state index in [1.54, 1.807) is 0 Å². The maximum atomic E-state index is 11.4. The summed E-state index contributed by atoms with van der Waals surface area (Å²) in [4.78, 5) is 13.9. The van der Waals surface area contributed by atoms with Crippen LogP contribution < -0.4 is 5.32 Å². The first kappa shape index (κ1) is 16.3. The van der Waals surface area contributed by atoms with Crippen LogP contribution in [0.4, 0.5) is 0 Å². The third-order valence-corrected chi connectivity index (χ3v) is 4.65. The Kier molecular flexibility index (Phi) is 7.06. The monoisotopic (exact) mass is 308 g/mol. The van der Waals surface area contributed by atoms with Crippen LogP contribution in [0.15, 0.2) is 24.3 Å². The van der Waals surface area contributed by atoms with Crippen LogP contribution in [0.2, 0.25) is 0 Å². The largest absolute Gasteiger partial charge is 0.469 e. The summed E-state index contributed by atoms with van der Waals surface area (Å²) in [6.45, 7) is 5.28. The van der Waals surface area contributed by atoms with Crippen LogP contribution >= 0.6 is 11.8 Å². The van der Waals surface area contributed by atoms with Crippen molar-refractivity contribution >= 4 is 17.7 Å².